The Labute approximate surface area is 146 Å². The Kier molecular flexibility index (Phi) is 4.03. The van der Waals surface area contributed by atoms with Gasteiger partial charge in [0.05, 0.1) is 11.0 Å². The van der Waals surface area contributed by atoms with Crippen LogP contribution >= 0.6 is 0 Å². The van der Waals surface area contributed by atoms with Crippen molar-refractivity contribution in [2.75, 3.05) is 13.1 Å². The largest absolute Gasteiger partial charge is 0.342 e. The Morgan fingerprint density at radius 3 is 3.00 bits per heavy atom. The molecule has 0 radical (unpaired) electrons. The molecule has 1 aliphatic heterocycles. The first-order chi connectivity index (χ1) is 12.2. The summed E-state index contributed by atoms with van der Waals surface area (Å²) in [6.07, 6.45) is 3.89. The molecule has 1 fully saturated rings. The zero-order chi connectivity index (χ0) is 17.4. The van der Waals surface area contributed by atoms with Crippen molar-refractivity contribution in [2.24, 2.45) is 0 Å². The lowest BCUT2D eigenvalue weighted by molar-refractivity contribution is 0.0698. The first kappa shape index (κ1) is 15.9. The molecule has 0 aliphatic carbocycles. The van der Waals surface area contributed by atoms with Gasteiger partial charge in [0.2, 0.25) is 0 Å². The van der Waals surface area contributed by atoms with E-state index in [0.717, 1.165) is 42.8 Å². The fraction of sp³-hybridized carbons (Fsp3) is 0.421. The zero-order valence-electron chi connectivity index (χ0n) is 14.7. The number of nitrogens with zero attached hydrogens (tertiary/aromatic N) is 4. The number of H-pyrrole nitrogens is 1. The number of hydrogen-bond donors (Lipinski definition) is 1. The quantitative estimate of drug-likeness (QED) is 0.798. The summed E-state index contributed by atoms with van der Waals surface area (Å²) in [6.45, 7) is 6.34. The molecule has 0 unspecified atom stereocenters. The number of hydrogen-bond acceptors (Lipinski definition) is 3. The Hall–Kier alpha value is -2.63. The predicted octanol–water partition coefficient (Wildman–Crippen LogP) is 3.11. The summed E-state index contributed by atoms with van der Waals surface area (Å²) in [5.74, 6) is 1.25. The van der Waals surface area contributed by atoms with E-state index in [1.54, 1.807) is 10.7 Å². The highest BCUT2D eigenvalue weighted by Crippen LogP contribution is 2.28. The van der Waals surface area contributed by atoms with Crippen molar-refractivity contribution in [2.45, 2.75) is 39.2 Å². The van der Waals surface area contributed by atoms with Gasteiger partial charge in [-0.1, -0.05) is 12.1 Å². The van der Waals surface area contributed by atoms with Crippen molar-refractivity contribution in [3.63, 3.8) is 0 Å². The number of carbonyl (C=O) groups is 1. The predicted molar refractivity (Wildman–Crippen MR) is 96.6 cm³/mol. The lowest BCUT2D eigenvalue weighted by Gasteiger charge is -2.31. The lowest BCUT2D eigenvalue weighted by Crippen LogP contribution is -2.39. The molecule has 0 saturated carbocycles. The van der Waals surface area contributed by atoms with Crippen LogP contribution < -0.4 is 0 Å². The Morgan fingerprint density at radius 2 is 2.24 bits per heavy atom. The van der Waals surface area contributed by atoms with Gasteiger partial charge in [-0.25, -0.2) is 4.98 Å². The molecular formula is C19H23N5O. The van der Waals surface area contributed by atoms with Gasteiger partial charge in [-0.2, -0.15) is 5.10 Å². The molecule has 6 heteroatoms. The van der Waals surface area contributed by atoms with Crippen LogP contribution in [0.15, 0.2) is 30.5 Å². The van der Waals surface area contributed by atoms with E-state index >= 15 is 0 Å². The number of aryl methyl sites for hydroxylation is 2. The Morgan fingerprint density at radius 1 is 1.36 bits per heavy atom. The second kappa shape index (κ2) is 6.35. The highest BCUT2D eigenvalue weighted by molar-refractivity contribution is 5.92. The summed E-state index contributed by atoms with van der Waals surface area (Å²) >= 11 is 0. The van der Waals surface area contributed by atoms with Gasteiger partial charge < -0.3 is 9.88 Å². The molecule has 0 bridgehead atoms. The molecule has 25 heavy (non-hydrogen) atoms. The Balaban J connectivity index is 1.55. The molecule has 4 rings (SSSR count). The van der Waals surface area contributed by atoms with Gasteiger partial charge in [-0.3, -0.25) is 9.48 Å². The van der Waals surface area contributed by atoms with E-state index in [9.17, 15) is 4.79 Å². The molecule has 1 aromatic carbocycles. The van der Waals surface area contributed by atoms with Gasteiger partial charge in [0.25, 0.3) is 5.91 Å². The summed E-state index contributed by atoms with van der Waals surface area (Å²) < 4.78 is 1.79. The number of imidazole rings is 1. The van der Waals surface area contributed by atoms with Gasteiger partial charge >= 0.3 is 0 Å². The van der Waals surface area contributed by atoms with Crippen LogP contribution in [0.5, 0.6) is 0 Å². The summed E-state index contributed by atoms with van der Waals surface area (Å²) in [5, 5.41) is 4.35. The van der Waals surface area contributed by atoms with Crippen LogP contribution in [0.25, 0.3) is 11.0 Å². The molecule has 1 saturated heterocycles. The molecule has 1 N–H and O–H groups in total. The van der Waals surface area contributed by atoms with E-state index in [0.29, 0.717) is 12.2 Å². The minimum atomic E-state index is 0.0178. The van der Waals surface area contributed by atoms with Crippen molar-refractivity contribution in [1.82, 2.24) is 24.6 Å². The van der Waals surface area contributed by atoms with Crippen LogP contribution in [0.4, 0.5) is 0 Å². The fourth-order valence-corrected chi connectivity index (χ4v) is 3.59. The summed E-state index contributed by atoms with van der Waals surface area (Å²) in [7, 11) is 0. The van der Waals surface area contributed by atoms with Gasteiger partial charge in [-0.05, 0) is 44.4 Å². The smallest absolute Gasteiger partial charge is 0.274 e. The van der Waals surface area contributed by atoms with Crippen molar-refractivity contribution >= 4 is 16.9 Å². The third kappa shape index (κ3) is 2.92. The maximum Gasteiger partial charge on any atom is 0.274 e. The third-order valence-corrected chi connectivity index (χ3v) is 5.01. The maximum atomic E-state index is 12.8. The number of nitrogens with one attached hydrogen (secondary N) is 1. The molecule has 1 aliphatic rings. The number of benzene rings is 1. The molecule has 130 valence electrons. The molecule has 2 aromatic heterocycles. The number of aromatic nitrogens is 4. The number of rotatable bonds is 3. The Bertz CT molecular complexity index is 910. The van der Waals surface area contributed by atoms with Gasteiger partial charge in [0.1, 0.15) is 11.5 Å². The van der Waals surface area contributed by atoms with Gasteiger partial charge in [0, 0.05) is 31.7 Å². The number of para-hydroxylation sites is 1. The average Bonchev–Trinajstić information content (AvgIpc) is 3.29. The van der Waals surface area contributed by atoms with Crippen molar-refractivity contribution in [3.8, 4) is 0 Å². The second-order valence-corrected chi connectivity index (χ2v) is 6.74. The normalized spacial score (nSPS) is 18.0. The highest BCUT2D eigenvalue weighted by atomic mass is 16.2. The topological polar surface area (TPSA) is 66.8 Å². The van der Waals surface area contributed by atoms with Crippen LogP contribution in [0.3, 0.4) is 0 Å². The van der Waals surface area contributed by atoms with Gasteiger partial charge in [-0.15, -0.1) is 0 Å². The minimum absolute atomic E-state index is 0.0178. The fourth-order valence-electron chi connectivity index (χ4n) is 3.59. The lowest BCUT2D eigenvalue weighted by atomic mass is 9.97. The number of fused-ring (bicyclic) bond motifs is 1. The van der Waals surface area contributed by atoms with E-state index in [-0.39, 0.29) is 11.8 Å². The maximum absolute atomic E-state index is 12.8. The number of amides is 1. The highest BCUT2D eigenvalue weighted by Gasteiger charge is 2.28. The summed E-state index contributed by atoms with van der Waals surface area (Å²) in [6, 6.07) is 7.98. The van der Waals surface area contributed by atoms with Crippen molar-refractivity contribution in [1.29, 1.82) is 0 Å². The summed E-state index contributed by atoms with van der Waals surface area (Å²) in [4.78, 5) is 22.9. The van der Waals surface area contributed by atoms with Crippen LogP contribution in [0.2, 0.25) is 0 Å². The number of carbonyl (C=O) groups excluding carboxylic acids is 1. The van der Waals surface area contributed by atoms with Crippen LogP contribution in [0, 0.1) is 6.92 Å². The van der Waals surface area contributed by atoms with E-state index in [1.165, 1.54) is 5.56 Å². The zero-order valence-corrected chi connectivity index (χ0v) is 14.7. The number of aromatic amines is 1. The van der Waals surface area contributed by atoms with E-state index in [1.807, 2.05) is 24.1 Å². The molecule has 1 atom stereocenters. The van der Waals surface area contributed by atoms with E-state index in [2.05, 4.69) is 29.1 Å². The van der Waals surface area contributed by atoms with Crippen LogP contribution in [-0.2, 0) is 6.54 Å². The molecule has 3 heterocycles. The SMILES string of the molecule is CCn1ccc(C(=O)N2CCC[C@@H](c3nc4c(C)cccc4[nH]3)C2)n1. The van der Waals surface area contributed by atoms with Crippen molar-refractivity contribution in [3.05, 3.63) is 47.5 Å². The monoisotopic (exact) mass is 337 g/mol. The number of piperidine rings is 1. The number of likely N-dealkylation sites (tertiary alicyclic amines) is 1. The van der Waals surface area contributed by atoms with Crippen molar-refractivity contribution < 1.29 is 4.79 Å². The van der Waals surface area contributed by atoms with Crippen LogP contribution in [0.1, 0.15) is 47.6 Å². The molecule has 0 spiro atoms. The minimum Gasteiger partial charge on any atom is -0.342 e. The molecule has 3 aromatic rings. The first-order valence-electron chi connectivity index (χ1n) is 8.93. The average molecular weight is 337 g/mol. The van der Waals surface area contributed by atoms with E-state index in [4.69, 9.17) is 4.98 Å². The molecule has 1 amide bonds. The summed E-state index contributed by atoms with van der Waals surface area (Å²) in [5.41, 5.74) is 3.81. The first-order valence-corrected chi connectivity index (χ1v) is 8.93. The molecule has 6 nitrogen and oxygen atoms in total. The van der Waals surface area contributed by atoms with Crippen LogP contribution in [-0.4, -0.2) is 43.6 Å². The second-order valence-electron chi connectivity index (χ2n) is 6.74. The van der Waals surface area contributed by atoms with E-state index < -0.39 is 0 Å². The molecular weight excluding hydrogens is 314 g/mol. The standard InChI is InChI=1S/C19H23N5O/c1-3-24-11-9-16(22-24)19(25)23-10-5-7-14(12-23)18-20-15-8-4-6-13(2)17(15)21-18/h4,6,8-9,11,14H,3,5,7,10,12H2,1-2H3,(H,20,21)/t14-/m1/s1. The van der Waals surface area contributed by atoms with Gasteiger partial charge in [0.15, 0.2) is 0 Å². The third-order valence-electron chi connectivity index (χ3n) is 5.01.